The van der Waals surface area contributed by atoms with Crippen molar-refractivity contribution in [1.82, 2.24) is 9.13 Å². The molecule has 0 amide bonds. The monoisotopic (exact) mass is 414 g/mol. The molecule has 9 heteroatoms. The molecule has 0 aliphatic heterocycles. The Bertz CT molecular complexity index is 1300. The van der Waals surface area contributed by atoms with E-state index in [9.17, 15) is 22.8 Å². The number of ketones is 1. The Labute approximate surface area is 166 Å². The van der Waals surface area contributed by atoms with Crippen molar-refractivity contribution in [3.63, 3.8) is 0 Å². The molecule has 1 aromatic heterocycles. The Balaban J connectivity index is 1.94. The first-order valence-corrected chi connectivity index (χ1v) is 9.95. The predicted octanol–water partition coefficient (Wildman–Crippen LogP) is 1.39. The Morgan fingerprint density at radius 1 is 0.862 bits per heavy atom. The van der Waals surface area contributed by atoms with Gasteiger partial charge in [-0.25, -0.2) is 4.79 Å². The van der Waals surface area contributed by atoms with E-state index in [4.69, 9.17) is 4.18 Å². The molecule has 3 aromatic rings. The van der Waals surface area contributed by atoms with Gasteiger partial charge in [-0.1, -0.05) is 30.3 Å². The Morgan fingerprint density at radius 2 is 1.41 bits per heavy atom. The van der Waals surface area contributed by atoms with Gasteiger partial charge in [0.05, 0.1) is 0 Å². The Hall–Kier alpha value is -3.46. The highest BCUT2D eigenvalue weighted by molar-refractivity contribution is 7.87. The second-order valence-electron chi connectivity index (χ2n) is 6.38. The number of aromatic nitrogens is 2. The molecular formula is C20H18N2O6S. The largest absolute Gasteiger partial charge is 0.379 e. The molecule has 0 bridgehead atoms. The summed E-state index contributed by atoms with van der Waals surface area (Å²) >= 11 is 0. The Kier molecular flexibility index (Phi) is 5.25. The summed E-state index contributed by atoms with van der Waals surface area (Å²) in [5.41, 5.74) is -0.793. The van der Waals surface area contributed by atoms with Crippen LogP contribution in [0.15, 0.2) is 69.1 Å². The minimum atomic E-state index is -4.50. The molecule has 29 heavy (non-hydrogen) atoms. The average Bonchev–Trinajstić information content (AvgIpc) is 2.71. The van der Waals surface area contributed by atoms with Crippen LogP contribution in [0.25, 0.3) is 0 Å². The van der Waals surface area contributed by atoms with Crippen molar-refractivity contribution in [2.45, 2.75) is 11.8 Å². The van der Waals surface area contributed by atoms with Gasteiger partial charge in [-0.3, -0.25) is 18.7 Å². The molecule has 0 saturated carbocycles. The van der Waals surface area contributed by atoms with E-state index in [1.54, 1.807) is 30.3 Å². The van der Waals surface area contributed by atoms with Crippen molar-refractivity contribution in [3.05, 3.63) is 92.3 Å². The summed E-state index contributed by atoms with van der Waals surface area (Å²) < 4.78 is 32.2. The lowest BCUT2D eigenvalue weighted by atomic mass is 10.0. The van der Waals surface area contributed by atoms with Crippen molar-refractivity contribution < 1.29 is 17.4 Å². The highest BCUT2D eigenvalue weighted by Gasteiger charge is 2.27. The van der Waals surface area contributed by atoms with E-state index in [0.29, 0.717) is 15.7 Å². The van der Waals surface area contributed by atoms with Gasteiger partial charge >= 0.3 is 15.8 Å². The summed E-state index contributed by atoms with van der Waals surface area (Å²) in [6.07, 6.45) is 0. The van der Waals surface area contributed by atoms with Crippen molar-refractivity contribution in [2.75, 3.05) is 0 Å². The molecule has 3 rings (SSSR count). The highest BCUT2D eigenvalue weighted by atomic mass is 32.2. The second-order valence-corrected chi connectivity index (χ2v) is 7.86. The van der Waals surface area contributed by atoms with Gasteiger partial charge in [-0.2, -0.15) is 8.42 Å². The summed E-state index contributed by atoms with van der Waals surface area (Å²) in [5.74, 6) is -0.285. The van der Waals surface area contributed by atoms with Gasteiger partial charge in [-0.05, 0) is 31.2 Å². The van der Waals surface area contributed by atoms with E-state index >= 15 is 0 Å². The molecule has 150 valence electrons. The number of benzene rings is 2. The minimum Gasteiger partial charge on any atom is -0.379 e. The molecule has 0 fully saturated rings. The normalized spacial score (nSPS) is 11.3. The predicted molar refractivity (Wildman–Crippen MR) is 106 cm³/mol. The first-order chi connectivity index (χ1) is 13.6. The molecule has 0 spiro atoms. The van der Waals surface area contributed by atoms with Gasteiger partial charge in [-0.15, -0.1) is 0 Å². The van der Waals surface area contributed by atoms with E-state index in [0.717, 1.165) is 4.57 Å². The van der Waals surface area contributed by atoms with Gasteiger partial charge in [0.1, 0.15) is 5.75 Å². The number of carbonyl (C=O) groups is 1. The second kappa shape index (κ2) is 7.51. The summed E-state index contributed by atoms with van der Waals surface area (Å²) in [6, 6.07) is 14.2. The molecule has 1 heterocycles. The van der Waals surface area contributed by atoms with Crippen LogP contribution in [0.1, 0.15) is 21.6 Å². The number of nitrogens with zero attached hydrogens (tertiary/aromatic N) is 2. The Morgan fingerprint density at radius 3 is 2.00 bits per heavy atom. The first kappa shape index (κ1) is 20.3. The van der Waals surface area contributed by atoms with Crippen LogP contribution in [-0.4, -0.2) is 23.3 Å². The van der Waals surface area contributed by atoms with Crippen LogP contribution >= 0.6 is 0 Å². The fraction of sp³-hybridized carbons (Fsp3) is 0.150. The maximum Gasteiger partial charge on any atom is 0.346 e. The average molecular weight is 414 g/mol. The third-order valence-electron chi connectivity index (χ3n) is 4.51. The molecule has 0 N–H and O–H groups in total. The molecule has 0 unspecified atom stereocenters. The van der Waals surface area contributed by atoms with Gasteiger partial charge in [0, 0.05) is 30.9 Å². The van der Waals surface area contributed by atoms with Gasteiger partial charge in [0.25, 0.3) is 5.56 Å². The molecule has 2 aromatic carbocycles. The van der Waals surface area contributed by atoms with Crippen molar-refractivity contribution in [3.8, 4) is 5.75 Å². The van der Waals surface area contributed by atoms with Crippen LogP contribution in [0.4, 0.5) is 0 Å². The van der Waals surface area contributed by atoms with Crippen LogP contribution in [0.3, 0.4) is 0 Å². The molecule has 0 aliphatic rings. The minimum absolute atomic E-state index is 0.0334. The zero-order chi connectivity index (χ0) is 21.3. The molecule has 0 radical (unpaired) electrons. The van der Waals surface area contributed by atoms with E-state index in [2.05, 4.69) is 0 Å². The lowest BCUT2D eigenvalue weighted by molar-refractivity contribution is 0.103. The van der Waals surface area contributed by atoms with E-state index < -0.39 is 26.3 Å². The highest BCUT2D eigenvalue weighted by Crippen LogP contribution is 2.20. The van der Waals surface area contributed by atoms with E-state index in [1.165, 1.54) is 45.3 Å². The van der Waals surface area contributed by atoms with Crippen molar-refractivity contribution in [1.29, 1.82) is 0 Å². The number of carbonyl (C=O) groups excluding carboxylic acids is 1. The third-order valence-corrected chi connectivity index (χ3v) is 5.89. The van der Waals surface area contributed by atoms with E-state index in [-0.39, 0.29) is 17.2 Å². The number of rotatable bonds is 5. The molecular weight excluding hydrogens is 396 g/mol. The van der Waals surface area contributed by atoms with Gasteiger partial charge in [0.2, 0.25) is 0 Å². The third kappa shape index (κ3) is 3.77. The SMILES string of the molecule is Cc1c(S(=O)(=O)Oc2ccc(C(=O)c3ccccc3)cc2)c(=O)n(C)c(=O)n1C. The molecule has 0 aliphatic carbocycles. The molecule has 0 atom stereocenters. The first-order valence-electron chi connectivity index (χ1n) is 8.54. The lowest BCUT2D eigenvalue weighted by Crippen LogP contribution is -2.41. The number of hydrogen-bond donors (Lipinski definition) is 0. The lowest BCUT2D eigenvalue weighted by Gasteiger charge is -2.13. The maximum absolute atomic E-state index is 12.7. The van der Waals surface area contributed by atoms with Crippen LogP contribution in [0.5, 0.6) is 5.75 Å². The molecule has 0 saturated heterocycles. The van der Waals surface area contributed by atoms with Crippen LogP contribution < -0.4 is 15.4 Å². The van der Waals surface area contributed by atoms with E-state index in [1.807, 2.05) is 0 Å². The summed E-state index contributed by atoms with van der Waals surface area (Å²) in [6.45, 7) is 1.35. The summed E-state index contributed by atoms with van der Waals surface area (Å²) in [5, 5.41) is 0. The van der Waals surface area contributed by atoms with Crippen molar-refractivity contribution in [2.24, 2.45) is 14.1 Å². The quantitative estimate of drug-likeness (QED) is 0.462. The van der Waals surface area contributed by atoms with Crippen LogP contribution in [-0.2, 0) is 24.2 Å². The zero-order valence-corrected chi connectivity index (χ0v) is 16.8. The fourth-order valence-corrected chi connectivity index (χ4v) is 4.09. The topological polar surface area (TPSA) is 104 Å². The maximum atomic E-state index is 12.7. The fourth-order valence-electron chi connectivity index (χ4n) is 2.79. The zero-order valence-electron chi connectivity index (χ0n) is 15.9. The van der Waals surface area contributed by atoms with Gasteiger partial charge in [0.15, 0.2) is 10.7 Å². The van der Waals surface area contributed by atoms with Crippen LogP contribution in [0.2, 0.25) is 0 Å². The van der Waals surface area contributed by atoms with Gasteiger partial charge < -0.3 is 4.18 Å². The summed E-state index contributed by atoms with van der Waals surface area (Å²) in [4.78, 5) is 36.1. The van der Waals surface area contributed by atoms with Crippen LogP contribution in [0, 0.1) is 6.92 Å². The van der Waals surface area contributed by atoms with Crippen molar-refractivity contribution >= 4 is 15.9 Å². The molecule has 8 nitrogen and oxygen atoms in total. The smallest absolute Gasteiger partial charge is 0.346 e. The standard InChI is InChI=1S/C20H18N2O6S/c1-13-18(19(24)22(3)20(25)21(13)2)29(26,27)28-16-11-9-15(10-12-16)17(23)14-7-5-4-6-8-14/h4-12H,1-3H3. The summed E-state index contributed by atoms with van der Waals surface area (Å²) in [7, 11) is -1.95. The number of hydrogen-bond acceptors (Lipinski definition) is 6.